The fraction of sp³-hybridized carbons (Fsp3) is 0.481. The Kier molecular flexibility index (Phi) is 16.6. The third-order valence-corrected chi connectivity index (χ3v) is 6.95. The molecular formula is C27H39N7O11S. The van der Waals surface area contributed by atoms with Crippen molar-refractivity contribution in [2.75, 3.05) is 12.0 Å². The van der Waals surface area contributed by atoms with Crippen LogP contribution in [0.2, 0.25) is 0 Å². The second-order valence-corrected chi connectivity index (χ2v) is 11.1. The van der Waals surface area contributed by atoms with Gasteiger partial charge in [0.05, 0.1) is 18.9 Å². The number of rotatable bonds is 21. The number of amides is 6. The first-order chi connectivity index (χ1) is 21.5. The van der Waals surface area contributed by atoms with E-state index < -0.39 is 103 Å². The quantitative estimate of drug-likeness (QED) is 0.0612. The molecule has 0 aliphatic rings. The molecular weight excluding hydrogens is 630 g/mol. The number of phenols is 1. The zero-order chi connectivity index (χ0) is 35.0. The highest BCUT2D eigenvalue weighted by Gasteiger charge is 2.32. The largest absolute Gasteiger partial charge is 0.508 e. The Morgan fingerprint density at radius 1 is 0.717 bits per heavy atom. The molecule has 0 aliphatic carbocycles. The van der Waals surface area contributed by atoms with Crippen LogP contribution in [0.4, 0.5) is 0 Å². The van der Waals surface area contributed by atoms with E-state index in [4.69, 9.17) is 17.2 Å². The molecule has 1 aromatic rings. The number of aromatic hydroxyl groups is 1. The molecule has 0 heterocycles. The highest BCUT2D eigenvalue weighted by molar-refractivity contribution is 7.98. The monoisotopic (exact) mass is 669 g/mol. The van der Waals surface area contributed by atoms with Gasteiger partial charge >= 0.3 is 11.9 Å². The number of carbonyl (C=O) groups is 8. The fourth-order valence-corrected chi connectivity index (χ4v) is 4.40. The van der Waals surface area contributed by atoms with E-state index in [2.05, 4.69) is 21.3 Å². The average Bonchev–Trinajstić information content (AvgIpc) is 2.96. The van der Waals surface area contributed by atoms with Crippen LogP contribution in [0.25, 0.3) is 0 Å². The maximum absolute atomic E-state index is 13.4. The third-order valence-electron chi connectivity index (χ3n) is 6.31. The number of carbonyl (C=O) groups excluding carboxylic acids is 6. The van der Waals surface area contributed by atoms with E-state index in [9.17, 15) is 53.7 Å². The van der Waals surface area contributed by atoms with Crippen LogP contribution in [0.3, 0.4) is 0 Å². The lowest BCUT2D eigenvalue weighted by Crippen LogP contribution is -2.59. The summed E-state index contributed by atoms with van der Waals surface area (Å²) in [6.45, 7) is 0. The van der Waals surface area contributed by atoms with Crippen molar-refractivity contribution in [3.8, 4) is 5.75 Å². The lowest BCUT2D eigenvalue weighted by molar-refractivity contribution is -0.143. The van der Waals surface area contributed by atoms with Gasteiger partial charge in [0.1, 0.15) is 29.9 Å². The minimum Gasteiger partial charge on any atom is -0.508 e. The molecule has 6 amide bonds. The summed E-state index contributed by atoms with van der Waals surface area (Å²) in [6.07, 6.45) is -0.814. The first kappa shape index (κ1) is 39.1. The number of thioether (sulfide) groups is 1. The Morgan fingerprint density at radius 2 is 1.20 bits per heavy atom. The molecule has 0 fully saturated rings. The van der Waals surface area contributed by atoms with Crippen molar-refractivity contribution in [1.29, 1.82) is 0 Å². The maximum Gasteiger partial charge on any atom is 0.326 e. The molecule has 18 nitrogen and oxygen atoms in total. The highest BCUT2D eigenvalue weighted by Crippen LogP contribution is 2.12. The summed E-state index contributed by atoms with van der Waals surface area (Å²) in [5.74, 6) is -8.38. The summed E-state index contributed by atoms with van der Waals surface area (Å²) in [7, 11) is 0. The van der Waals surface area contributed by atoms with E-state index in [1.54, 1.807) is 6.26 Å². The van der Waals surface area contributed by atoms with E-state index >= 15 is 0 Å². The molecule has 0 saturated heterocycles. The van der Waals surface area contributed by atoms with E-state index in [0.29, 0.717) is 11.3 Å². The van der Waals surface area contributed by atoms with Crippen LogP contribution >= 0.6 is 11.8 Å². The number of aliphatic carboxylic acids is 2. The summed E-state index contributed by atoms with van der Waals surface area (Å²) in [5.41, 5.74) is 16.3. The van der Waals surface area contributed by atoms with E-state index in [-0.39, 0.29) is 18.6 Å². The van der Waals surface area contributed by atoms with Crippen molar-refractivity contribution >= 4 is 59.1 Å². The smallest absolute Gasteiger partial charge is 0.326 e. The number of primary amides is 2. The van der Waals surface area contributed by atoms with Crippen molar-refractivity contribution in [3.63, 3.8) is 0 Å². The van der Waals surface area contributed by atoms with Crippen molar-refractivity contribution in [2.45, 2.75) is 68.7 Å². The van der Waals surface area contributed by atoms with E-state index in [1.807, 2.05) is 0 Å². The number of hydrogen-bond acceptors (Lipinski definition) is 11. The zero-order valence-corrected chi connectivity index (χ0v) is 25.7. The number of benzene rings is 1. The number of phenolic OH excluding ortho intramolecular Hbond substituents is 1. The van der Waals surface area contributed by atoms with Crippen LogP contribution in [-0.4, -0.2) is 105 Å². The Hall–Kier alpha value is -4.91. The van der Waals surface area contributed by atoms with Crippen molar-refractivity contribution in [2.24, 2.45) is 17.2 Å². The minimum absolute atomic E-state index is 0.0153. The average molecular weight is 670 g/mol. The summed E-state index contributed by atoms with van der Waals surface area (Å²) in [5, 5.41) is 37.4. The Morgan fingerprint density at radius 3 is 1.67 bits per heavy atom. The van der Waals surface area contributed by atoms with Gasteiger partial charge in [-0.3, -0.25) is 33.6 Å². The van der Waals surface area contributed by atoms with E-state index in [0.717, 1.165) is 0 Å². The van der Waals surface area contributed by atoms with Gasteiger partial charge in [0.15, 0.2) is 0 Å². The summed E-state index contributed by atoms with van der Waals surface area (Å²) in [6, 6.07) is -1.89. The minimum atomic E-state index is -1.69. The second-order valence-electron chi connectivity index (χ2n) is 10.1. The van der Waals surface area contributed by atoms with Gasteiger partial charge in [0.2, 0.25) is 35.4 Å². The van der Waals surface area contributed by atoms with E-state index in [1.165, 1.54) is 36.0 Å². The summed E-state index contributed by atoms with van der Waals surface area (Å²) >= 11 is 1.30. The van der Waals surface area contributed by atoms with Gasteiger partial charge < -0.3 is 53.8 Å². The lowest BCUT2D eigenvalue weighted by atomic mass is 10.0. The Bertz CT molecular complexity index is 1280. The SMILES string of the molecule is CSCC[C@H](NC(=O)[C@H](CCC(=O)O)NC(=O)[C@H](Cc1ccc(O)cc1)NC(=O)[C@@H](N)CC(N)=O)C(=O)N[C@@H](CC(N)=O)C(=O)O. The predicted octanol–water partition coefficient (Wildman–Crippen LogP) is -3.35. The molecule has 46 heavy (non-hydrogen) atoms. The molecule has 5 atom stereocenters. The van der Waals surface area contributed by atoms with Gasteiger partial charge in [-0.25, -0.2) is 4.79 Å². The Balaban J connectivity index is 3.28. The zero-order valence-electron chi connectivity index (χ0n) is 24.9. The van der Waals surface area contributed by atoms with Crippen LogP contribution in [0.5, 0.6) is 5.75 Å². The summed E-state index contributed by atoms with van der Waals surface area (Å²) < 4.78 is 0. The number of nitrogens with two attached hydrogens (primary N) is 3. The molecule has 0 bridgehead atoms. The second kappa shape index (κ2) is 19.5. The maximum atomic E-state index is 13.4. The number of nitrogens with one attached hydrogen (secondary N) is 4. The Labute approximate surface area is 267 Å². The lowest BCUT2D eigenvalue weighted by Gasteiger charge is -2.26. The molecule has 0 aromatic heterocycles. The molecule has 19 heteroatoms. The molecule has 0 spiro atoms. The number of carboxylic acid groups (broad SMARTS) is 2. The normalized spacial score (nSPS) is 14.0. The van der Waals surface area contributed by atoms with Crippen molar-refractivity contribution in [3.05, 3.63) is 29.8 Å². The van der Waals surface area contributed by atoms with Crippen molar-refractivity contribution < 1.29 is 53.7 Å². The van der Waals surface area contributed by atoms with Crippen LogP contribution in [0.1, 0.15) is 37.7 Å². The van der Waals surface area contributed by atoms with Crippen LogP contribution in [0.15, 0.2) is 24.3 Å². The number of carboxylic acids is 2. The first-order valence-corrected chi connectivity index (χ1v) is 15.2. The third kappa shape index (κ3) is 14.7. The van der Waals surface area contributed by atoms with Crippen LogP contribution in [0, 0.1) is 0 Å². The topological polar surface area (TPSA) is 323 Å². The van der Waals surface area contributed by atoms with Gasteiger partial charge in [0, 0.05) is 12.8 Å². The molecule has 0 saturated carbocycles. The van der Waals surface area contributed by atoms with Crippen LogP contribution < -0.4 is 38.5 Å². The molecule has 254 valence electrons. The van der Waals surface area contributed by atoms with Crippen LogP contribution in [-0.2, 0) is 44.8 Å². The van der Waals surface area contributed by atoms with Gasteiger partial charge in [-0.15, -0.1) is 0 Å². The molecule has 1 aromatic carbocycles. The molecule has 13 N–H and O–H groups in total. The van der Waals surface area contributed by atoms with Gasteiger partial charge in [-0.1, -0.05) is 12.1 Å². The van der Waals surface area contributed by atoms with Gasteiger partial charge in [-0.05, 0) is 42.5 Å². The van der Waals surface area contributed by atoms with Gasteiger partial charge in [0.25, 0.3) is 0 Å². The molecule has 0 aliphatic heterocycles. The predicted molar refractivity (Wildman–Crippen MR) is 163 cm³/mol. The molecule has 1 rings (SSSR count). The number of hydrogen-bond donors (Lipinski definition) is 10. The van der Waals surface area contributed by atoms with Crippen molar-refractivity contribution in [1.82, 2.24) is 21.3 Å². The molecule has 0 unspecified atom stereocenters. The standard InChI is InChI=1S/C27H39N7O11S/c1-46-9-8-17(25(42)34-19(27(44)45)12-21(30)37)32-24(41)16(6-7-22(38)39)31-26(43)18(10-13-2-4-14(35)5-3-13)33-23(40)15(28)11-20(29)36/h2-5,15-19,35H,6-12,28H2,1H3,(H2,29,36)(H2,30,37)(H,31,43)(H,32,41)(H,33,40)(H,34,42)(H,38,39)(H,44,45)/t15-,16-,17-,18-,19-/m0/s1. The highest BCUT2D eigenvalue weighted by atomic mass is 32.2. The summed E-state index contributed by atoms with van der Waals surface area (Å²) in [4.78, 5) is 97.7. The molecule has 0 radical (unpaired) electrons. The fourth-order valence-electron chi connectivity index (χ4n) is 3.92. The van der Waals surface area contributed by atoms with Gasteiger partial charge in [-0.2, -0.15) is 11.8 Å². The first-order valence-electron chi connectivity index (χ1n) is 13.8.